The SMILES string of the molecule is CC1CCN(C(Cc2cccc3ccccc23)C(N)=O)C(=O)C(c2cccc(Cl)c2)N1C(=O)CNC(=O)c1cccc(NC(=O)OC(C)(C)C)c1. The molecule has 4 N–H and O–H groups in total. The van der Waals surface area contributed by atoms with E-state index in [0.29, 0.717) is 22.7 Å². The summed E-state index contributed by atoms with van der Waals surface area (Å²) in [7, 11) is 0. The summed E-state index contributed by atoms with van der Waals surface area (Å²) in [6.45, 7) is 6.79. The van der Waals surface area contributed by atoms with Crippen LogP contribution in [-0.4, -0.2) is 70.3 Å². The Morgan fingerprint density at radius 2 is 1.67 bits per heavy atom. The van der Waals surface area contributed by atoms with Crippen LogP contribution < -0.4 is 16.4 Å². The van der Waals surface area contributed by atoms with Gasteiger partial charge in [0.1, 0.15) is 17.7 Å². The van der Waals surface area contributed by atoms with Crippen LogP contribution >= 0.6 is 11.6 Å². The first-order valence-corrected chi connectivity index (χ1v) is 17.1. The van der Waals surface area contributed by atoms with E-state index in [0.717, 1.165) is 16.3 Å². The van der Waals surface area contributed by atoms with Gasteiger partial charge in [-0.3, -0.25) is 24.5 Å². The topological polar surface area (TPSA) is 151 Å². The molecule has 0 aromatic heterocycles. The molecular weight excluding hydrogens is 670 g/mol. The number of hydrogen-bond acceptors (Lipinski definition) is 6. The molecule has 1 heterocycles. The van der Waals surface area contributed by atoms with Crippen molar-refractivity contribution in [3.63, 3.8) is 0 Å². The summed E-state index contributed by atoms with van der Waals surface area (Å²) in [5, 5.41) is 7.57. The van der Waals surface area contributed by atoms with Crippen LogP contribution in [-0.2, 0) is 25.5 Å². The molecule has 0 radical (unpaired) electrons. The van der Waals surface area contributed by atoms with Crippen molar-refractivity contribution in [2.45, 2.75) is 64.3 Å². The largest absolute Gasteiger partial charge is 0.444 e. The Bertz CT molecular complexity index is 1950. The molecular formula is C39H42ClN5O6. The number of amides is 5. The molecule has 0 aliphatic carbocycles. The highest BCUT2D eigenvalue weighted by molar-refractivity contribution is 6.30. The minimum Gasteiger partial charge on any atom is -0.444 e. The van der Waals surface area contributed by atoms with E-state index < -0.39 is 60.0 Å². The maximum absolute atomic E-state index is 14.6. The fraction of sp³-hybridized carbons (Fsp3) is 0.308. The maximum atomic E-state index is 14.6. The molecule has 4 aromatic rings. The number of hydrogen-bond donors (Lipinski definition) is 3. The number of benzene rings is 4. The Morgan fingerprint density at radius 1 is 0.961 bits per heavy atom. The van der Waals surface area contributed by atoms with E-state index in [2.05, 4.69) is 10.6 Å². The summed E-state index contributed by atoms with van der Waals surface area (Å²) >= 11 is 6.38. The third kappa shape index (κ3) is 9.04. The average Bonchev–Trinajstić information content (AvgIpc) is 3.20. The quantitative estimate of drug-likeness (QED) is 0.198. The number of nitrogens with two attached hydrogens (primary N) is 1. The Morgan fingerprint density at radius 3 is 2.39 bits per heavy atom. The highest BCUT2D eigenvalue weighted by Crippen LogP contribution is 2.33. The first kappa shape index (κ1) is 36.9. The second-order valence-corrected chi connectivity index (χ2v) is 14.0. The monoisotopic (exact) mass is 711 g/mol. The summed E-state index contributed by atoms with van der Waals surface area (Å²) in [6, 6.07) is 23.9. The molecule has 1 saturated heterocycles. The van der Waals surface area contributed by atoms with E-state index in [1.165, 1.54) is 15.9 Å². The lowest BCUT2D eigenvalue weighted by atomic mass is 9.96. The van der Waals surface area contributed by atoms with Crippen molar-refractivity contribution in [1.82, 2.24) is 15.1 Å². The lowest BCUT2D eigenvalue weighted by Gasteiger charge is -2.36. The van der Waals surface area contributed by atoms with Gasteiger partial charge >= 0.3 is 6.09 Å². The van der Waals surface area contributed by atoms with E-state index in [9.17, 15) is 24.0 Å². The number of nitrogens with zero attached hydrogens (tertiary/aromatic N) is 2. The van der Waals surface area contributed by atoms with Gasteiger partial charge in [0.15, 0.2) is 0 Å². The van der Waals surface area contributed by atoms with Crippen molar-refractivity contribution in [3.8, 4) is 0 Å². The summed E-state index contributed by atoms with van der Waals surface area (Å²) in [6.07, 6.45) is -0.141. The third-order valence-electron chi connectivity index (χ3n) is 8.68. The van der Waals surface area contributed by atoms with Crippen molar-refractivity contribution < 1.29 is 28.7 Å². The number of ether oxygens (including phenoxy) is 1. The van der Waals surface area contributed by atoms with E-state index in [1.807, 2.05) is 49.4 Å². The van der Waals surface area contributed by atoms with E-state index >= 15 is 0 Å². The number of anilines is 1. The van der Waals surface area contributed by atoms with Gasteiger partial charge in [-0.05, 0) is 86.3 Å². The Labute approximate surface area is 302 Å². The van der Waals surface area contributed by atoms with Gasteiger partial charge in [0, 0.05) is 35.3 Å². The molecule has 0 saturated carbocycles. The van der Waals surface area contributed by atoms with Crippen LogP contribution in [0, 0.1) is 0 Å². The number of rotatable bonds is 9. The minimum atomic E-state index is -1.15. The zero-order chi connectivity index (χ0) is 36.9. The van der Waals surface area contributed by atoms with Crippen molar-refractivity contribution in [3.05, 3.63) is 113 Å². The molecule has 4 aromatic carbocycles. The van der Waals surface area contributed by atoms with Crippen LogP contribution in [0.1, 0.15) is 61.6 Å². The van der Waals surface area contributed by atoms with Crippen LogP contribution in [0.5, 0.6) is 0 Å². The molecule has 0 bridgehead atoms. The standard InChI is InChI=1S/C39H42ClN5O6/c1-24-18-19-44(32(35(41)47)22-26-12-7-11-25-10-5-6-17-31(25)26)37(49)34(27-13-8-15-29(40)20-27)45(24)33(46)23-42-36(48)28-14-9-16-30(21-28)43-38(50)51-39(2,3)4/h5-17,20-21,24,32,34H,18-19,22-23H2,1-4H3,(H2,41,47)(H,42,48)(H,43,50). The van der Waals surface area contributed by atoms with Crippen LogP contribution in [0.25, 0.3) is 10.8 Å². The molecule has 266 valence electrons. The lowest BCUT2D eigenvalue weighted by Crippen LogP contribution is -2.53. The van der Waals surface area contributed by atoms with E-state index in [4.69, 9.17) is 22.1 Å². The normalized spacial score (nSPS) is 17.0. The molecule has 1 aliphatic heterocycles. The number of carbonyl (C=O) groups excluding carboxylic acids is 5. The second-order valence-electron chi connectivity index (χ2n) is 13.6. The lowest BCUT2D eigenvalue weighted by molar-refractivity contribution is -0.148. The third-order valence-corrected chi connectivity index (χ3v) is 8.91. The van der Waals surface area contributed by atoms with Gasteiger partial charge in [0.2, 0.25) is 11.8 Å². The highest BCUT2D eigenvalue weighted by atomic mass is 35.5. The molecule has 1 fully saturated rings. The molecule has 5 rings (SSSR count). The number of fused-ring (bicyclic) bond motifs is 1. The number of carbonyl (C=O) groups is 5. The molecule has 0 spiro atoms. The molecule has 51 heavy (non-hydrogen) atoms. The fourth-order valence-electron chi connectivity index (χ4n) is 6.34. The zero-order valence-corrected chi connectivity index (χ0v) is 29.8. The Balaban J connectivity index is 1.39. The minimum absolute atomic E-state index is 0.170. The van der Waals surface area contributed by atoms with Crippen molar-refractivity contribution in [2.24, 2.45) is 5.73 Å². The average molecular weight is 712 g/mol. The first-order chi connectivity index (χ1) is 24.2. The molecule has 3 atom stereocenters. The number of primary amides is 1. The van der Waals surface area contributed by atoms with Gasteiger partial charge in [-0.15, -0.1) is 0 Å². The van der Waals surface area contributed by atoms with Crippen LogP contribution in [0.3, 0.4) is 0 Å². The Kier molecular flexibility index (Phi) is 11.3. The maximum Gasteiger partial charge on any atom is 0.412 e. The summed E-state index contributed by atoms with van der Waals surface area (Å²) in [5.41, 5.74) is 7.15. The van der Waals surface area contributed by atoms with Crippen LogP contribution in [0.4, 0.5) is 10.5 Å². The zero-order valence-electron chi connectivity index (χ0n) is 29.0. The number of nitrogens with one attached hydrogen (secondary N) is 2. The predicted octanol–water partition coefficient (Wildman–Crippen LogP) is 5.86. The molecule has 1 aliphatic rings. The van der Waals surface area contributed by atoms with Gasteiger partial charge in [0.25, 0.3) is 11.8 Å². The van der Waals surface area contributed by atoms with Crippen LogP contribution in [0.2, 0.25) is 5.02 Å². The van der Waals surface area contributed by atoms with Crippen molar-refractivity contribution >= 4 is 57.8 Å². The first-order valence-electron chi connectivity index (χ1n) is 16.7. The van der Waals surface area contributed by atoms with Gasteiger partial charge in [-0.25, -0.2) is 4.79 Å². The second kappa shape index (κ2) is 15.6. The fourth-order valence-corrected chi connectivity index (χ4v) is 6.54. The summed E-state index contributed by atoms with van der Waals surface area (Å²) in [5.74, 6) is -2.21. The number of halogens is 1. The van der Waals surface area contributed by atoms with Gasteiger partial charge < -0.3 is 25.6 Å². The van der Waals surface area contributed by atoms with Crippen molar-refractivity contribution in [1.29, 1.82) is 0 Å². The van der Waals surface area contributed by atoms with E-state index in [-0.39, 0.29) is 18.5 Å². The van der Waals surface area contributed by atoms with Crippen LogP contribution in [0.15, 0.2) is 91.0 Å². The summed E-state index contributed by atoms with van der Waals surface area (Å²) in [4.78, 5) is 70.2. The smallest absolute Gasteiger partial charge is 0.412 e. The Hall–Kier alpha value is -5.42. The molecule has 11 nitrogen and oxygen atoms in total. The highest BCUT2D eigenvalue weighted by Gasteiger charge is 2.43. The van der Waals surface area contributed by atoms with Gasteiger partial charge in [-0.1, -0.05) is 72.3 Å². The molecule has 12 heteroatoms. The molecule has 3 unspecified atom stereocenters. The molecule has 5 amide bonds. The van der Waals surface area contributed by atoms with E-state index in [1.54, 1.807) is 63.2 Å². The predicted molar refractivity (Wildman–Crippen MR) is 196 cm³/mol. The van der Waals surface area contributed by atoms with Gasteiger partial charge in [0.05, 0.1) is 6.54 Å². The van der Waals surface area contributed by atoms with Crippen molar-refractivity contribution in [2.75, 3.05) is 18.4 Å². The summed E-state index contributed by atoms with van der Waals surface area (Å²) < 4.78 is 5.29. The van der Waals surface area contributed by atoms with Gasteiger partial charge in [-0.2, -0.15) is 0 Å².